The standard InChI is InChI=1S/C12H15BN6O/c1-17-3-4-19-8(7-17)5-11(16-19)14-9-6-10(13)15-18(2)12(9)20/h5-6H,3-4,7H2,1-2H3,(H,14,16). The van der Waals surface area contributed by atoms with Crippen molar-refractivity contribution in [3.63, 3.8) is 0 Å². The summed E-state index contributed by atoms with van der Waals surface area (Å²) < 4.78 is 3.17. The van der Waals surface area contributed by atoms with Gasteiger partial charge in [-0.15, -0.1) is 0 Å². The Hall–Kier alpha value is -2.09. The Labute approximate surface area is 117 Å². The van der Waals surface area contributed by atoms with Crippen LogP contribution in [0.25, 0.3) is 0 Å². The van der Waals surface area contributed by atoms with Gasteiger partial charge in [0.05, 0.1) is 12.2 Å². The highest BCUT2D eigenvalue weighted by Gasteiger charge is 2.16. The molecule has 0 spiro atoms. The Morgan fingerprint density at radius 1 is 1.25 bits per heavy atom. The van der Waals surface area contributed by atoms with Crippen LogP contribution >= 0.6 is 0 Å². The lowest BCUT2D eigenvalue weighted by atomic mass is 10.0. The fraction of sp³-hybridized carbons (Fsp3) is 0.417. The van der Waals surface area contributed by atoms with E-state index < -0.39 is 0 Å². The number of hydrogen-bond donors (Lipinski definition) is 1. The van der Waals surface area contributed by atoms with Crippen LogP contribution < -0.4 is 16.5 Å². The minimum Gasteiger partial charge on any atom is -0.334 e. The SMILES string of the molecule is [B]c1cc(Nc2cc3n(n2)CCN(C)C3)c(=O)n(C)n1. The van der Waals surface area contributed by atoms with Crippen LogP contribution in [-0.2, 0) is 20.1 Å². The lowest BCUT2D eigenvalue weighted by Crippen LogP contribution is -2.30. The Kier molecular flexibility index (Phi) is 3.09. The van der Waals surface area contributed by atoms with Gasteiger partial charge in [0.1, 0.15) is 13.5 Å². The topological polar surface area (TPSA) is 68.0 Å². The van der Waals surface area contributed by atoms with Crippen molar-refractivity contribution >= 4 is 24.9 Å². The highest BCUT2D eigenvalue weighted by Crippen LogP contribution is 2.17. The number of rotatable bonds is 2. The minimum atomic E-state index is -0.234. The summed E-state index contributed by atoms with van der Waals surface area (Å²) in [5, 5.41) is 11.3. The van der Waals surface area contributed by atoms with E-state index in [0.717, 1.165) is 25.3 Å². The summed E-state index contributed by atoms with van der Waals surface area (Å²) in [4.78, 5) is 14.2. The molecular formula is C12H15BN6O. The molecule has 1 N–H and O–H groups in total. The predicted molar refractivity (Wildman–Crippen MR) is 76.7 cm³/mol. The zero-order valence-corrected chi connectivity index (χ0v) is 11.5. The third kappa shape index (κ3) is 2.34. The van der Waals surface area contributed by atoms with Gasteiger partial charge in [-0.1, -0.05) is 0 Å². The van der Waals surface area contributed by atoms with Crippen molar-refractivity contribution in [3.05, 3.63) is 28.2 Å². The number of nitrogens with zero attached hydrogens (tertiary/aromatic N) is 5. The monoisotopic (exact) mass is 270 g/mol. The maximum Gasteiger partial charge on any atom is 0.290 e. The second kappa shape index (κ2) is 4.79. The third-order valence-electron chi connectivity index (χ3n) is 3.33. The van der Waals surface area contributed by atoms with Crippen LogP contribution in [-0.4, -0.2) is 45.9 Å². The van der Waals surface area contributed by atoms with E-state index in [-0.39, 0.29) is 5.56 Å². The van der Waals surface area contributed by atoms with Gasteiger partial charge in [-0.3, -0.25) is 14.4 Å². The van der Waals surface area contributed by atoms with Crippen molar-refractivity contribution in [2.75, 3.05) is 18.9 Å². The minimum absolute atomic E-state index is 0.234. The average Bonchev–Trinajstić information content (AvgIpc) is 2.76. The van der Waals surface area contributed by atoms with E-state index in [4.69, 9.17) is 7.85 Å². The van der Waals surface area contributed by atoms with Crippen LogP contribution in [0, 0.1) is 0 Å². The maximum absolute atomic E-state index is 12.0. The molecule has 0 unspecified atom stereocenters. The van der Waals surface area contributed by atoms with Gasteiger partial charge < -0.3 is 5.32 Å². The van der Waals surface area contributed by atoms with Gasteiger partial charge in [0, 0.05) is 31.8 Å². The van der Waals surface area contributed by atoms with Crippen molar-refractivity contribution in [2.24, 2.45) is 7.05 Å². The summed E-state index contributed by atoms with van der Waals surface area (Å²) in [6, 6.07) is 3.47. The molecule has 20 heavy (non-hydrogen) atoms. The summed E-state index contributed by atoms with van der Waals surface area (Å²) in [5.41, 5.74) is 1.56. The Morgan fingerprint density at radius 2 is 2.05 bits per heavy atom. The van der Waals surface area contributed by atoms with Gasteiger partial charge in [-0.2, -0.15) is 10.2 Å². The summed E-state index contributed by atoms with van der Waals surface area (Å²) in [6.07, 6.45) is 0. The molecule has 0 saturated heterocycles. The Balaban J connectivity index is 1.91. The first kappa shape index (κ1) is 12.9. The fourth-order valence-electron chi connectivity index (χ4n) is 2.32. The van der Waals surface area contributed by atoms with E-state index >= 15 is 0 Å². The van der Waals surface area contributed by atoms with Crippen molar-refractivity contribution < 1.29 is 0 Å². The van der Waals surface area contributed by atoms with Crippen LogP contribution in [0.4, 0.5) is 11.5 Å². The van der Waals surface area contributed by atoms with Gasteiger partial charge in [0.15, 0.2) is 5.82 Å². The molecule has 102 valence electrons. The molecule has 2 aromatic rings. The molecule has 0 aliphatic carbocycles. The van der Waals surface area contributed by atoms with E-state index in [2.05, 4.69) is 27.5 Å². The van der Waals surface area contributed by atoms with Crippen LogP contribution in [0.15, 0.2) is 16.9 Å². The zero-order valence-electron chi connectivity index (χ0n) is 11.5. The summed E-state index contributed by atoms with van der Waals surface area (Å²) in [7, 11) is 9.29. The normalized spacial score (nSPS) is 15.1. The van der Waals surface area contributed by atoms with Crippen LogP contribution in [0.3, 0.4) is 0 Å². The molecule has 7 nitrogen and oxygen atoms in total. The molecule has 0 bridgehead atoms. The van der Waals surface area contributed by atoms with Crippen molar-refractivity contribution in [3.8, 4) is 0 Å². The second-order valence-electron chi connectivity index (χ2n) is 5.02. The number of fused-ring (bicyclic) bond motifs is 1. The first-order chi connectivity index (χ1) is 9.52. The second-order valence-corrected chi connectivity index (χ2v) is 5.02. The molecule has 0 atom stereocenters. The number of hydrogen-bond acceptors (Lipinski definition) is 5. The van der Waals surface area contributed by atoms with Gasteiger partial charge >= 0.3 is 0 Å². The number of likely N-dealkylation sites (N-methyl/N-ethyl adjacent to an activating group) is 1. The lowest BCUT2D eigenvalue weighted by molar-refractivity contribution is 0.259. The van der Waals surface area contributed by atoms with Gasteiger partial charge in [0.2, 0.25) is 0 Å². The quantitative estimate of drug-likeness (QED) is 0.706. The van der Waals surface area contributed by atoms with Gasteiger partial charge in [-0.05, 0) is 13.1 Å². The third-order valence-corrected chi connectivity index (χ3v) is 3.33. The predicted octanol–water partition coefficient (Wildman–Crippen LogP) is -1.04. The average molecular weight is 270 g/mol. The van der Waals surface area contributed by atoms with Crippen LogP contribution in [0.5, 0.6) is 0 Å². The summed E-state index contributed by atoms with van der Waals surface area (Å²) in [5.74, 6) is 0.651. The molecule has 0 aromatic carbocycles. The Bertz CT molecular complexity index is 706. The molecule has 8 heteroatoms. The van der Waals surface area contributed by atoms with Gasteiger partial charge in [-0.25, -0.2) is 4.68 Å². The zero-order chi connectivity index (χ0) is 14.3. The fourth-order valence-corrected chi connectivity index (χ4v) is 2.32. The molecule has 2 aromatic heterocycles. The molecule has 1 aliphatic heterocycles. The van der Waals surface area contributed by atoms with Gasteiger partial charge in [0.25, 0.3) is 5.56 Å². The van der Waals surface area contributed by atoms with E-state index in [1.807, 2.05) is 10.7 Å². The van der Waals surface area contributed by atoms with Crippen molar-refractivity contribution in [1.82, 2.24) is 24.5 Å². The first-order valence-corrected chi connectivity index (χ1v) is 6.39. The molecule has 0 saturated carbocycles. The van der Waals surface area contributed by atoms with E-state index in [1.165, 1.54) is 10.7 Å². The smallest absolute Gasteiger partial charge is 0.290 e. The highest BCUT2D eigenvalue weighted by atomic mass is 16.1. The van der Waals surface area contributed by atoms with E-state index in [0.29, 0.717) is 17.1 Å². The lowest BCUT2D eigenvalue weighted by Gasteiger charge is -2.22. The highest BCUT2D eigenvalue weighted by molar-refractivity contribution is 6.30. The molecule has 0 amide bonds. The summed E-state index contributed by atoms with van der Waals surface area (Å²) in [6.45, 7) is 2.67. The van der Waals surface area contributed by atoms with Crippen LogP contribution in [0.2, 0.25) is 0 Å². The Morgan fingerprint density at radius 3 is 2.85 bits per heavy atom. The van der Waals surface area contributed by atoms with E-state index in [9.17, 15) is 4.79 Å². The molecule has 0 fully saturated rings. The first-order valence-electron chi connectivity index (χ1n) is 6.39. The molecule has 3 heterocycles. The van der Waals surface area contributed by atoms with Crippen LogP contribution in [0.1, 0.15) is 5.69 Å². The van der Waals surface area contributed by atoms with E-state index in [1.54, 1.807) is 7.05 Å². The molecule has 1 aliphatic rings. The molecular weight excluding hydrogens is 255 g/mol. The number of aromatic nitrogens is 4. The number of anilines is 2. The number of nitrogens with one attached hydrogen (secondary N) is 1. The van der Waals surface area contributed by atoms with Crippen molar-refractivity contribution in [1.29, 1.82) is 0 Å². The largest absolute Gasteiger partial charge is 0.334 e. The molecule has 3 rings (SSSR count). The molecule has 2 radical (unpaired) electrons. The summed E-state index contributed by atoms with van der Waals surface area (Å²) >= 11 is 0. The van der Waals surface area contributed by atoms with Crippen molar-refractivity contribution in [2.45, 2.75) is 13.1 Å². The number of aryl methyl sites for hydroxylation is 1. The maximum atomic E-state index is 12.0.